The van der Waals surface area contributed by atoms with E-state index < -0.39 is 23.0 Å². The lowest BCUT2D eigenvalue weighted by Crippen LogP contribution is -2.44. The number of cyclic esters (lactones) is 1. The van der Waals surface area contributed by atoms with E-state index in [0.717, 1.165) is 22.1 Å². The van der Waals surface area contributed by atoms with Crippen molar-refractivity contribution in [3.63, 3.8) is 0 Å². The molecule has 0 bridgehead atoms. The Morgan fingerprint density at radius 2 is 2.02 bits per heavy atom. The molecule has 10 heteroatoms. The van der Waals surface area contributed by atoms with Gasteiger partial charge in [0.2, 0.25) is 5.91 Å². The molecule has 1 fully saturated rings. The van der Waals surface area contributed by atoms with E-state index >= 15 is 4.39 Å². The molecule has 1 saturated carbocycles. The molecule has 40 heavy (non-hydrogen) atoms. The largest absolute Gasteiger partial charge is 0.458 e. The topological polar surface area (TPSA) is 131 Å². The number of aliphatic hydroxyl groups is 2. The molecule has 0 radical (unpaired) electrons. The first-order chi connectivity index (χ1) is 19.1. The van der Waals surface area contributed by atoms with Crippen LogP contribution in [0, 0.1) is 18.2 Å². The van der Waals surface area contributed by atoms with Crippen molar-refractivity contribution in [3.8, 4) is 11.4 Å². The van der Waals surface area contributed by atoms with Gasteiger partial charge in [-0.1, -0.05) is 13.3 Å². The Bertz CT molecular complexity index is 1730. The van der Waals surface area contributed by atoms with Crippen LogP contribution in [0.5, 0.6) is 0 Å². The molecule has 9 nitrogen and oxygen atoms in total. The van der Waals surface area contributed by atoms with Gasteiger partial charge in [-0.3, -0.25) is 9.59 Å². The van der Waals surface area contributed by atoms with Gasteiger partial charge < -0.3 is 24.8 Å². The second-order valence-corrected chi connectivity index (χ2v) is 11.7. The lowest BCUT2D eigenvalue weighted by Gasteiger charge is -2.32. The van der Waals surface area contributed by atoms with Crippen LogP contribution in [0.4, 0.5) is 4.39 Å². The maximum Gasteiger partial charge on any atom is 0.343 e. The van der Waals surface area contributed by atoms with Crippen molar-refractivity contribution in [1.29, 1.82) is 0 Å². The van der Waals surface area contributed by atoms with E-state index in [1.54, 1.807) is 17.6 Å². The molecule has 0 spiro atoms. The zero-order valence-electron chi connectivity index (χ0n) is 22.4. The van der Waals surface area contributed by atoms with E-state index in [9.17, 15) is 24.6 Å². The van der Waals surface area contributed by atoms with Crippen molar-refractivity contribution >= 4 is 22.8 Å². The number of amides is 1. The number of nitrogens with one attached hydrogen (secondary N) is 1. The van der Waals surface area contributed by atoms with Gasteiger partial charge in [-0.2, -0.15) is 0 Å². The van der Waals surface area contributed by atoms with Crippen molar-refractivity contribution < 1.29 is 28.9 Å². The van der Waals surface area contributed by atoms with Gasteiger partial charge >= 0.3 is 5.97 Å². The zero-order valence-corrected chi connectivity index (χ0v) is 22.4. The number of carbonyl (C=O) groups is 2. The standard InChI is InChI=1S/C30H30FN3O6/c1-3-6-30(39)18-9-22-25-16(11-34(22)26(36)17(18)12-40-28(30)38)24-20(33-27(37)29(13-35)7-8-29)5-4-15-14(2)19(31)10-21(32-25)23(15)24/h9-10,20,35,39H,3-8,11-13H2,1-2H3,(H,33,37)/t20-,30-/m0/s1. The van der Waals surface area contributed by atoms with Crippen LogP contribution in [0.15, 0.2) is 16.9 Å². The number of halogens is 1. The van der Waals surface area contributed by atoms with Crippen LogP contribution in [-0.2, 0) is 39.5 Å². The Hall–Kier alpha value is -3.63. The minimum atomic E-state index is -1.94. The molecule has 2 aliphatic carbocycles. The normalized spacial score (nSPS) is 23.3. The van der Waals surface area contributed by atoms with Gasteiger partial charge in [0.15, 0.2) is 5.60 Å². The van der Waals surface area contributed by atoms with Gasteiger partial charge in [0, 0.05) is 22.6 Å². The third kappa shape index (κ3) is 3.26. The minimum absolute atomic E-state index is 0.0968. The number of ether oxygens (including phenoxy) is 1. The molecule has 0 unspecified atom stereocenters. The molecule has 208 valence electrons. The number of rotatable bonds is 5. The molecule has 1 amide bonds. The zero-order chi connectivity index (χ0) is 28.1. The van der Waals surface area contributed by atoms with Gasteiger partial charge in [-0.25, -0.2) is 14.2 Å². The Morgan fingerprint density at radius 3 is 2.73 bits per heavy atom. The first-order valence-electron chi connectivity index (χ1n) is 13.9. The fraction of sp³-hybridized carbons (Fsp3) is 0.467. The van der Waals surface area contributed by atoms with Crippen molar-refractivity contribution in [2.75, 3.05) is 6.61 Å². The molecule has 4 heterocycles. The summed E-state index contributed by atoms with van der Waals surface area (Å²) in [7, 11) is 0. The lowest BCUT2D eigenvalue weighted by atomic mass is 9.81. The summed E-state index contributed by atoms with van der Waals surface area (Å²) in [4.78, 5) is 44.5. The smallest absolute Gasteiger partial charge is 0.343 e. The fourth-order valence-electron chi connectivity index (χ4n) is 6.88. The number of carbonyl (C=O) groups excluding carboxylic acids is 2. The highest BCUT2D eigenvalue weighted by Gasteiger charge is 2.50. The van der Waals surface area contributed by atoms with Crippen LogP contribution < -0.4 is 10.9 Å². The number of pyridine rings is 2. The van der Waals surface area contributed by atoms with Crippen molar-refractivity contribution in [2.24, 2.45) is 5.41 Å². The summed E-state index contributed by atoms with van der Waals surface area (Å²) in [5, 5.41) is 25.1. The molecule has 3 aromatic rings. The number of aliphatic hydroxyl groups excluding tert-OH is 1. The second-order valence-electron chi connectivity index (χ2n) is 11.7. The van der Waals surface area contributed by atoms with Crippen LogP contribution in [0.1, 0.15) is 78.5 Å². The summed E-state index contributed by atoms with van der Waals surface area (Å²) in [5.74, 6) is -1.36. The average molecular weight is 548 g/mol. The first-order valence-corrected chi connectivity index (χ1v) is 13.9. The van der Waals surface area contributed by atoms with Crippen LogP contribution >= 0.6 is 0 Å². The average Bonchev–Trinajstić information content (AvgIpc) is 3.66. The summed E-state index contributed by atoms with van der Waals surface area (Å²) in [6.07, 6.45) is 2.93. The lowest BCUT2D eigenvalue weighted by molar-refractivity contribution is -0.172. The Balaban J connectivity index is 1.46. The van der Waals surface area contributed by atoms with Crippen LogP contribution in [-0.4, -0.2) is 38.2 Å². The molecule has 2 atom stereocenters. The van der Waals surface area contributed by atoms with Crippen LogP contribution in [0.3, 0.4) is 0 Å². The van der Waals surface area contributed by atoms with Gasteiger partial charge in [0.25, 0.3) is 5.56 Å². The molecule has 7 rings (SSSR count). The third-order valence-electron chi connectivity index (χ3n) is 9.42. The number of aromatic nitrogens is 2. The fourth-order valence-corrected chi connectivity index (χ4v) is 6.88. The highest BCUT2D eigenvalue weighted by atomic mass is 19.1. The second kappa shape index (κ2) is 8.44. The number of nitrogens with zero attached hydrogens (tertiary/aromatic N) is 2. The molecule has 2 aliphatic heterocycles. The predicted molar refractivity (Wildman–Crippen MR) is 142 cm³/mol. The minimum Gasteiger partial charge on any atom is -0.458 e. The maximum absolute atomic E-state index is 15.1. The summed E-state index contributed by atoms with van der Waals surface area (Å²) in [6, 6.07) is 2.63. The van der Waals surface area contributed by atoms with Crippen LogP contribution in [0.25, 0.3) is 22.3 Å². The number of esters is 1. The van der Waals surface area contributed by atoms with Crippen molar-refractivity contribution in [2.45, 2.75) is 77.2 Å². The molecular formula is C30H30FN3O6. The van der Waals surface area contributed by atoms with E-state index in [2.05, 4.69) is 5.32 Å². The van der Waals surface area contributed by atoms with E-state index in [1.807, 2.05) is 6.92 Å². The number of hydrogen-bond acceptors (Lipinski definition) is 7. The predicted octanol–water partition coefficient (Wildman–Crippen LogP) is 2.79. The maximum atomic E-state index is 15.1. The monoisotopic (exact) mass is 547 g/mol. The third-order valence-corrected chi connectivity index (χ3v) is 9.42. The number of hydrogen-bond donors (Lipinski definition) is 3. The Morgan fingerprint density at radius 1 is 1.25 bits per heavy atom. The molecule has 3 N–H and O–H groups in total. The SMILES string of the molecule is CCC[C@@]1(O)C(=O)OCc2c1cc1n(c2=O)Cc2c-1nc1cc(F)c(C)c3c1c2[C@@H](NC(=O)C1(CO)CC1)CC3. The quantitative estimate of drug-likeness (QED) is 0.328. The summed E-state index contributed by atoms with van der Waals surface area (Å²) in [5.41, 5.74) is 1.66. The number of benzene rings is 1. The van der Waals surface area contributed by atoms with Crippen molar-refractivity contribution in [1.82, 2.24) is 14.9 Å². The summed E-state index contributed by atoms with van der Waals surface area (Å²) < 4.78 is 21.8. The highest BCUT2D eigenvalue weighted by molar-refractivity contribution is 5.94. The van der Waals surface area contributed by atoms with E-state index in [4.69, 9.17) is 9.72 Å². The van der Waals surface area contributed by atoms with Crippen molar-refractivity contribution in [3.05, 3.63) is 61.7 Å². The number of aryl methyl sites for hydroxylation is 1. The summed E-state index contributed by atoms with van der Waals surface area (Å²) in [6.45, 7) is 3.31. The van der Waals surface area contributed by atoms with Crippen LogP contribution in [0.2, 0.25) is 0 Å². The van der Waals surface area contributed by atoms with Gasteiger partial charge in [-0.15, -0.1) is 0 Å². The van der Waals surface area contributed by atoms with Gasteiger partial charge in [0.1, 0.15) is 12.4 Å². The van der Waals surface area contributed by atoms with E-state index in [-0.39, 0.29) is 54.6 Å². The highest BCUT2D eigenvalue weighted by Crippen LogP contribution is 2.48. The molecular weight excluding hydrogens is 517 g/mol. The molecule has 0 saturated heterocycles. The molecule has 1 aromatic carbocycles. The van der Waals surface area contributed by atoms with E-state index in [0.29, 0.717) is 54.6 Å². The molecule has 2 aromatic heterocycles. The Kier molecular flexibility index (Phi) is 5.35. The molecule has 4 aliphatic rings. The van der Waals surface area contributed by atoms with Gasteiger partial charge in [0.05, 0.1) is 47.1 Å². The van der Waals surface area contributed by atoms with E-state index in [1.165, 1.54) is 6.07 Å². The van der Waals surface area contributed by atoms with Gasteiger partial charge in [-0.05, 0) is 61.8 Å². The Labute approximate surface area is 229 Å². The first kappa shape index (κ1) is 25.3. The summed E-state index contributed by atoms with van der Waals surface area (Å²) >= 11 is 0. The number of fused-ring (bicyclic) bond motifs is 5.